The van der Waals surface area contributed by atoms with E-state index in [1.807, 2.05) is 6.07 Å². The lowest BCUT2D eigenvalue weighted by Gasteiger charge is -2.07. The Kier molecular flexibility index (Phi) is 4.98. The predicted octanol–water partition coefficient (Wildman–Crippen LogP) is 3.19. The number of thiophene rings is 1. The summed E-state index contributed by atoms with van der Waals surface area (Å²) in [5, 5.41) is 24.7. The number of hydrogen-bond acceptors (Lipinski definition) is 8. The highest BCUT2D eigenvalue weighted by atomic mass is 32.2. The Morgan fingerprint density at radius 2 is 2.25 bits per heavy atom. The lowest BCUT2D eigenvalue weighted by atomic mass is 10.2. The second-order valence-corrected chi connectivity index (χ2v) is 9.23. The zero-order chi connectivity index (χ0) is 19.7. The maximum atomic E-state index is 11.5. The molecule has 0 saturated heterocycles. The number of hydrogen-bond donors (Lipinski definition) is 4. The maximum absolute atomic E-state index is 11.5. The smallest absolute Gasteiger partial charge is 0.247 e. The summed E-state index contributed by atoms with van der Waals surface area (Å²) in [7, 11) is -3.77. The van der Waals surface area contributed by atoms with Gasteiger partial charge in [0.2, 0.25) is 10.0 Å². The first-order valence-electron chi connectivity index (χ1n) is 8.54. The molecule has 9 nitrogen and oxygen atoms in total. The molecule has 3 aromatic rings. The molecule has 1 fully saturated rings. The van der Waals surface area contributed by atoms with Gasteiger partial charge in [0.25, 0.3) is 0 Å². The number of aromatic amines is 1. The highest BCUT2D eigenvalue weighted by Gasteiger charge is 2.25. The van der Waals surface area contributed by atoms with Gasteiger partial charge in [-0.05, 0) is 25.0 Å². The van der Waals surface area contributed by atoms with Gasteiger partial charge in [-0.3, -0.25) is 5.10 Å². The van der Waals surface area contributed by atoms with E-state index in [0.29, 0.717) is 33.8 Å². The third kappa shape index (κ3) is 4.12. The summed E-state index contributed by atoms with van der Waals surface area (Å²) in [4.78, 5) is 9.40. The molecule has 0 amide bonds. The molecule has 154 valence electrons. The lowest BCUT2D eigenvalue weighted by Crippen LogP contribution is -2.09. The van der Waals surface area contributed by atoms with Gasteiger partial charge in [0.05, 0.1) is 11.5 Å². The minimum absolute atomic E-state index is 0. The van der Waals surface area contributed by atoms with Crippen LogP contribution in [0.15, 0.2) is 34.7 Å². The molecule has 5 N–H and O–H groups in total. The molecule has 0 unspecified atom stereocenters. The Balaban J connectivity index is 0.00000240. The van der Waals surface area contributed by atoms with Crippen molar-refractivity contribution in [3.05, 3.63) is 41.7 Å². The molecule has 1 aliphatic rings. The van der Waals surface area contributed by atoms with Crippen molar-refractivity contribution in [3.63, 3.8) is 0 Å². The number of rotatable bonds is 7. The first-order valence-corrected chi connectivity index (χ1v) is 10.9. The number of nitrogens with one attached hydrogen (secondary N) is 2. The minimum Gasteiger partial charge on any atom is -0.392 e. The predicted molar refractivity (Wildman–Crippen MR) is 115 cm³/mol. The largest absolute Gasteiger partial charge is 0.392 e. The van der Waals surface area contributed by atoms with Crippen LogP contribution >= 0.6 is 11.3 Å². The van der Waals surface area contributed by atoms with Crippen LogP contribution in [0.3, 0.4) is 0 Å². The number of H-pyrrole nitrogens is 1. The normalized spacial score (nSPS) is 14.6. The second-order valence-electron chi connectivity index (χ2n) is 6.35. The van der Waals surface area contributed by atoms with Crippen LogP contribution in [0.2, 0.25) is 0 Å². The summed E-state index contributed by atoms with van der Waals surface area (Å²) in [6.45, 7) is -0.113. The van der Waals surface area contributed by atoms with Crippen LogP contribution in [-0.2, 0) is 10.0 Å². The summed E-state index contributed by atoms with van der Waals surface area (Å²) in [6, 6.07) is 5.00. The molecule has 0 atom stereocenters. The van der Waals surface area contributed by atoms with Crippen LogP contribution in [0.1, 0.15) is 35.7 Å². The zero-order valence-corrected chi connectivity index (χ0v) is 16.3. The van der Waals surface area contributed by atoms with E-state index in [2.05, 4.69) is 25.5 Å². The number of aliphatic hydroxyl groups excluding tert-OH is 1. The van der Waals surface area contributed by atoms with Crippen LogP contribution < -0.4 is 10.5 Å². The molecule has 0 aromatic carbocycles. The van der Waals surface area contributed by atoms with Gasteiger partial charge in [0.1, 0.15) is 10.0 Å². The Morgan fingerprint density at radius 3 is 2.93 bits per heavy atom. The van der Waals surface area contributed by atoms with Crippen molar-refractivity contribution in [1.29, 1.82) is 0 Å². The molecule has 0 radical (unpaired) electrons. The van der Waals surface area contributed by atoms with Gasteiger partial charge >= 0.3 is 0 Å². The number of sulfonamides is 1. The fraction of sp³-hybridized carbons (Fsp3) is 0.235. The topological polar surface area (TPSA) is 147 Å². The second kappa shape index (κ2) is 7.43. The third-order valence-corrected chi connectivity index (χ3v) is 6.68. The highest BCUT2D eigenvalue weighted by Crippen LogP contribution is 2.39. The van der Waals surface area contributed by atoms with Crippen LogP contribution in [0.5, 0.6) is 0 Å². The molecular weight excluding hydrogens is 400 g/mol. The van der Waals surface area contributed by atoms with E-state index in [4.69, 9.17) is 10.2 Å². The Morgan fingerprint density at radius 1 is 1.43 bits per heavy atom. The molecule has 3 aromatic heterocycles. The van der Waals surface area contributed by atoms with Crippen molar-refractivity contribution in [2.45, 2.75) is 23.0 Å². The van der Waals surface area contributed by atoms with E-state index < -0.39 is 10.0 Å². The van der Waals surface area contributed by atoms with Gasteiger partial charge in [0.15, 0.2) is 11.6 Å². The van der Waals surface area contributed by atoms with E-state index in [-0.39, 0.29) is 16.5 Å². The van der Waals surface area contributed by atoms with Crippen molar-refractivity contribution in [1.82, 2.24) is 20.2 Å². The summed E-state index contributed by atoms with van der Waals surface area (Å²) in [5.41, 5.74) is 1.75. The standard InChI is InChI=1S/C17H18N6O3S2.4H2/c18-28(25,26)15-6-5-13(27-15)17-19-9-11(2-1-7-24)16(21-17)20-14-8-12(22-23-14)10-3-4-10;;;;/h1-2,5-6,8-10,24H,3-4,7H2,(H2,18,25,26)(H2,19,20,21,22,23);4*1H/b2-1+;;;;. The summed E-state index contributed by atoms with van der Waals surface area (Å²) >= 11 is 1.00. The lowest BCUT2D eigenvalue weighted by molar-refractivity contribution is 0.343. The van der Waals surface area contributed by atoms with Gasteiger partial charge < -0.3 is 10.4 Å². The Labute approximate surface area is 171 Å². The number of primary sulfonamides is 1. The molecule has 11 heteroatoms. The van der Waals surface area contributed by atoms with E-state index in [1.54, 1.807) is 24.4 Å². The molecule has 28 heavy (non-hydrogen) atoms. The molecule has 3 heterocycles. The van der Waals surface area contributed by atoms with Crippen molar-refractivity contribution in [3.8, 4) is 10.7 Å². The molecule has 1 saturated carbocycles. The molecule has 0 bridgehead atoms. The average Bonchev–Trinajstić information content (AvgIpc) is 3.18. The van der Waals surface area contributed by atoms with E-state index in [0.717, 1.165) is 29.9 Å². The van der Waals surface area contributed by atoms with Crippen LogP contribution in [-0.4, -0.2) is 40.3 Å². The van der Waals surface area contributed by atoms with Crippen LogP contribution in [0.4, 0.5) is 11.6 Å². The zero-order valence-electron chi connectivity index (χ0n) is 14.7. The molecule has 0 spiro atoms. The Bertz CT molecular complexity index is 1150. The molecule has 1 aliphatic carbocycles. The number of aliphatic hydroxyl groups is 1. The van der Waals surface area contributed by atoms with Crippen molar-refractivity contribution < 1.29 is 19.2 Å². The van der Waals surface area contributed by atoms with Crippen molar-refractivity contribution in [2.75, 3.05) is 11.9 Å². The number of nitrogens with two attached hydrogens (primary N) is 1. The maximum Gasteiger partial charge on any atom is 0.247 e. The number of anilines is 2. The minimum atomic E-state index is -3.77. The van der Waals surface area contributed by atoms with E-state index in [1.165, 1.54) is 6.07 Å². The van der Waals surface area contributed by atoms with Crippen molar-refractivity contribution >= 4 is 39.1 Å². The van der Waals surface area contributed by atoms with Crippen LogP contribution in [0.25, 0.3) is 16.8 Å². The first-order chi connectivity index (χ1) is 13.4. The molecule has 0 aliphatic heterocycles. The van der Waals surface area contributed by atoms with Gasteiger partial charge in [-0.15, -0.1) is 11.3 Å². The average molecular weight is 427 g/mol. The number of nitrogens with zero attached hydrogens (tertiary/aromatic N) is 3. The number of aromatic nitrogens is 4. The highest BCUT2D eigenvalue weighted by molar-refractivity contribution is 7.91. The van der Waals surface area contributed by atoms with E-state index >= 15 is 0 Å². The SMILES string of the molecule is NS(=O)(=O)c1ccc(-c2ncc(/C=C/CO)c(Nc3cc(C4CC4)[nH]n3)n2)s1.[HH].[HH].[HH].[HH]. The molecule has 4 rings (SSSR count). The fourth-order valence-corrected chi connectivity index (χ4v) is 4.30. The van der Waals surface area contributed by atoms with Crippen LogP contribution in [0, 0.1) is 0 Å². The Hall–Kier alpha value is -2.60. The molecular formula is C17H26N6O3S2. The van der Waals surface area contributed by atoms with Gasteiger partial charge in [-0.2, -0.15) is 5.10 Å². The van der Waals surface area contributed by atoms with Gasteiger partial charge in [0, 0.05) is 35.1 Å². The van der Waals surface area contributed by atoms with E-state index in [9.17, 15) is 8.42 Å². The first kappa shape index (κ1) is 18.7. The fourth-order valence-electron chi connectivity index (χ4n) is 2.63. The monoisotopic (exact) mass is 426 g/mol. The van der Waals surface area contributed by atoms with Gasteiger partial charge in [-0.1, -0.05) is 12.2 Å². The quantitative estimate of drug-likeness (QED) is 0.453. The van der Waals surface area contributed by atoms with Crippen molar-refractivity contribution in [2.24, 2.45) is 5.14 Å². The summed E-state index contributed by atoms with van der Waals surface area (Å²) < 4.78 is 23.1. The summed E-state index contributed by atoms with van der Waals surface area (Å²) in [6.07, 6.45) is 7.20. The third-order valence-electron chi connectivity index (χ3n) is 4.16. The summed E-state index contributed by atoms with van der Waals surface area (Å²) in [5.74, 6) is 2.03. The van der Waals surface area contributed by atoms with Gasteiger partial charge in [-0.25, -0.2) is 23.5 Å².